The molecule has 0 aliphatic carbocycles. The average molecular weight is 360 g/mol. The van der Waals surface area contributed by atoms with E-state index in [1.807, 2.05) is 36.4 Å². The first-order chi connectivity index (χ1) is 10.6. The molecule has 0 bridgehead atoms. The monoisotopic (exact) mass is 359 g/mol. The third-order valence-corrected chi connectivity index (χ3v) is 4.10. The van der Waals surface area contributed by atoms with Crippen molar-refractivity contribution in [3.8, 4) is 0 Å². The molecule has 1 aliphatic rings. The second-order valence-electron chi connectivity index (χ2n) is 5.02. The van der Waals surface area contributed by atoms with Gasteiger partial charge in [-0.1, -0.05) is 15.9 Å². The van der Waals surface area contributed by atoms with Crippen LogP contribution in [-0.4, -0.2) is 34.8 Å². The summed E-state index contributed by atoms with van der Waals surface area (Å²) in [5, 5.41) is 0. The highest BCUT2D eigenvalue weighted by atomic mass is 79.9. The fraction of sp³-hybridized carbons (Fsp3) is 0.188. The first-order valence-corrected chi connectivity index (χ1v) is 7.70. The minimum atomic E-state index is -0.484. The van der Waals surface area contributed by atoms with Crippen molar-refractivity contribution in [2.24, 2.45) is 0 Å². The molecule has 1 aromatic heterocycles. The number of hydrogen-bond acceptors (Lipinski definition) is 3. The van der Waals surface area contributed by atoms with Gasteiger partial charge in [0, 0.05) is 42.2 Å². The molecule has 0 unspecified atom stereocenters. The minimum absolute atomic E-state index is 0.432. The molecule has 3 rings (SSSR count). The number of amides is 2. The smallest absolute Gasteiger partial charge is 0.316 e. The van der Waals surface area contributed by atoms with Gasteiger partial charge in [0.15, 0.2) is 0 Å². The highest BCUT2D eigenvalue weighted by Crippen LogP contribution is 2.21. The summed E-state index contributed by atoms with van der Waals surface area (Å²) in [5.41, 5.74) is 1.71. The van der Waals surface area contributed by atoms with E-state index in [0.717, 1.165) is 15.7 Å². The number of benzene rings is 1. The van der Waals surface area contributed by atoms with Crippen LogP contribution in [0.4, 0.5) is 5.69 Å². The Morgan fingerprint density at radius 1 is 0.955 bits per heavy atom. The van der Waals surface area contributed by atoms with E-state index in [2.05, 4.69) is 20.9 Å². The van der Waals surface area contributed by atoms with Crippen LogP contribution in [-0.2, 0) is 16.1 Å². The van der Waals surface area contributed by atoms with Crippen molar-refractivity contribution in [2.75, 3.05) is 18.0 Å². The molecule has 112 valence electrons. The lowest BCUT2D eigenvalue weighted by molar-refractivity contribution is -0.146. The summed E-state index contributed by atoms with van der Waals surface area (Å²) in [6.45, 7) is 1.45. The molecule has 0 spiro atoms. The van der Waals surface area contributed by atoms with Crippen LogP contribution in [0.3, 0.4) is 0 Å². The molecule has 1 aromatic carbocycles. The Hall–Kier alpha value is -2.21. The number of halogens is 1. The number of pyridine rings is 1. The summed E-state index contributed by atoms with van der Waals surface area (Å²) in [6, 6.07) is 11.1. The fourth-order valence-electron chi connectivity index (χ4n) is 2.40. The van der Waals surface area contributed by atoms with Gasteiger partial charge in [-0.15, -0.1) is 0 Å². The number of nitrogens with zero attached hydrogens (tertiary/aromatic N) is 3. The van der Waals surface area contributed by atoms with E-state index in [0.29, 0.717) is 19.6 Å². The largest absolute Gasteiger partial charge is 0.328 e. The Bertz CT molecular complexity index is 688. The van der Waals surface area contributed by atoms with Crippen LogP contribution in [0, 0.1) is 0 Å². The van der Waals surface area contributed by atoms with E-state index >= 15 is 0 Å². The van der Waals surface area contributed by atoms with E-state index in [9.17, 15) is 9.59 Å². The zero-order valence-electron chi connectivity index (χ0n) is 11.8. The van der Waals surface area contributed by atoms with E-state index in [1.165, 1.54) is 4.90 Å². The van der Waals surface area contributed by atoms with Gasteiger partial charge in [-0.25, -0.2) is 0 Å². The Morgan fingerprint density at radius 2 is 1.64 bits per heavy atom. The van der Waals surface area contributed by atoms with Gasteiger partial charge in [0.25, 0.3) is 0 Å². The van der Waals surface area contributed by atoms with Gasteiger partial charge in [0.2, 0.25) is 0 Å². The quantitative estimate of drug-likeness (QED) is 0.789. The molecule has 2 heterocycles. The maximum atomic E-state index is 12.3. The normalized spacial score (nSPS) is 15.3. The lowest BCUT2D eigenvalue weighted by Crippen LogP contribution is -2.54. The van der Waals surface area contributed by atoms with Gasteiger partial charge < -0.3 is 9.80 Å². The van der Waals surface area contributed by atoms with E-state index in [1.54, 1.807) is 17.3 Å². The maximum Gasteiger partial charge on any atom is 0.316 e. The standard InChI is InChI=1S/C16H14BrN3O2/c17-13-1-3-14(4-2-13)20-10-9-19(15(21)16(20)22)11-12-5-7-18-8-6-12/h1-8H,9-11H2. The first-order valence-electron chi connectivity index (χ1n) is 6.90. The number of piperazine rings is 1. The van der Waals surface area contributed by atoms with Crippen LogP contribution in [0.1, 0.15) is 5.56 Å². The predicted octanol–water partition coefficient (Wildman–Crippen LogP) is 2.22. The molecule has 6 heteroatoms. The fourth-order valence-corrected chi connectivity index (χ4v) is 2.67. The maximum absolute atomic E-state index is 12.3. The van der Waals surface area contributed by atoms with E-state index < -0.39 is 11.8 Å². The lowest BCUT2D eigenvalue weighted by atomic mass is 10.2. The van der Waals surface area contributed by atoms with E-state index in [4.69, 9.17) is 0 Å². The molecular weight excluding hydrogens is 346 g/mol. The molecule has 22 heavy (non-hydrogen) atoms. The number of hydrogen-bond donors (Lipinski definition) is 0. The van der Waals surface area contributed by atoms with Crippen LogP contribution in [0.5, 0.6) is 0 Å². The first kappa shape index (κ1) is 14.7. The number of carbonyl (C=O) groups is 2. The molecule has 2 aromatic rings. The predicted molar refractivity (Wildman–Crippen MR) is 86.1 cm³/mol. The number of carbonyl (C=O) groups excluding carboxylic acids is 2. The van der Waals surface area contributed by atoms with Gasteiger partial charge in [-0.05, 0) is 42.0 Å². The van der Waals surface area contributed by atoms with Gasteiger partial charge in [0.1, 0.15) is 0 Å². The minimum Gasteiger partial charge on any atom is -0.328 e. The molecule has 1 saturated heterocycles. The molecular formula is C16H14BrN3O2. The summed E-state index contributed by atoms with van der Waals surface area (Å²) in [6.07, 6.45) is 3.36. The van der Waals surface area contributed by atoms with Crippen molar-refractivity contribution in [3.05, 3.63) is 58.8 Å². The summed E-state index contributed by atoms with van der Waals surface area (Å²) >= 11 is 3.36. The molecule has 0 radical (unpaired) electrons. The lowest BCUT2D eigenvalue weighted by Gasteiger charge is -2.33. The third-order valence-electron chi connectivity index (χ3n) is 3.57. The van der Waals surface area contributed by atoms with Crippen LogP contribution >= 0.6 is 15.9 Å². The van der Waals surface area contributed by atoms with Crippen LogP contribution in [0.25, 0.3) is 0 Å². The highest BCUT2D eigenvalue weighted by Gasteiger charge is 2.33. The van der Waals surface area contributed by atoms with Crippen LogP contribution < -0.4 is 4.90 Å². The Labute approximate surface area is 136 Å². The number of rotatable bonds is 3. The Kier molecular flexibility index (Phi) is 4.20. The topological polar surface area (TPSA) is 53.5 Å². The van der Waals surface area contributed by atoms with Crippen molar-refractivity contribution in [1.82, 2.24) is 9.88 Å². The van der Waals surface area contributed by atoms with Crippen molar-refractivity contribution < 1.29 is 9.59 Å². The zero-order chi connectivity index (χ0) is 15.5. The number of anilines is 1. The van der Waals surface area contributed by atoms with Gasteiger partial charge in [-0.3, -0.25) is 14.6 Å². The van der Waals surface area contributed by atoms with Crippen molar-refractivity contribution in [1.29, 1.82) is 0 Å². The van der Waals surface area contributed by atoms with Gasteiger partial charge >= 0.3 is 11.8 Å². The van der Waals surface area contributed by atoms with Crippen LogP contribution in [0.15, 0.2) is 53.3 Å². The molecule has 0 N–H and O–H groups in total. The molecule has 2 amide bonds. The summed E-state index contributed by atoms with van der Waals surface area (Å²) in [5.74, 6) is -0.950. The molecule has 1 fully saturated rings. The Balaban J connectivity index is 1.73. The summed E-state index contributed by atoms with van der Waals surface area (Å²) in [7, 11) is 0. The van der Waals surface area contributed by atoms with Crippen molar-refractivity contribution in [2.45, 2.75) is 6.54 Å². The summed E-state index contributed by atoms with van der Waals surface area (Å²) < 4.78 is 0.936. The second kappa shape index (κ2) is 6.27. The van der Waals surface area contributed by atoms with Crippen LogP contribution in [0.2, 0.25) is 0 Å². The second-order valence-corrected chi connectivity index (χ2v) is 5.93. The third kappa shape index (κ3) is 3.01. The zero-order valence-corrected chi connectivity index (χ0v) is 13.4. The SMILES string of the molecule is O=C1C(=O)N(c2ccc(Br)cc2)CCN1Cc1ccncc1. The molecule has 0 atom stereocenters. The average Bonchev–Trinajstić information content (AvgIpc) is 2.54. The van der Waals surface area contributed by atoms with Crippen molar-refractivity contribution in [3.63, 3.8) is 0 Å². The molecule has 1 aliphatic heterocycles. The van der Waals surface area contributed by atoms with E-state index in [-0.39, 0.29) is 0 Å². The Morgan fingerprint density at radius 3 is 2.32 bits per heavy atom. The molecule has 0 saturated carbocycles. The van der Waals surface area contributed by atoms with Gasteiger partial charge in [0.05, 0.1) is 0 Å². The summed E-state index contributed by atoms with van der Waals surface area (Å²) in [4.78, 5) is 31.7. The number of aromatic nitrogens is 1. The van der Waals surface area contributed by atoms with Gasteiger partial charge in [-0.2, -0.15) is 0 Å². The molecule has 5 nitrogen and oxygen atoms in total. The van der Waals surface area contributed by atoms with Crippen molar-refractivity contribution >= 4 is 33.4 Å². The highest BCUT2D eigenvalue weighted by molar-refractivity contribution is 9.10.